The van der Waals surface area contributed by atoms with Crippen LogP contribution in [0.3, 0.4) is 0 Å². The number of carbonyl (C=O) groups is 1. The normalized spacial score (nSPS) is 24.3. The molecule has 3 rings (SSSR count). The number of carbonyl (C=O) groups excluding carboxylic acids is 1. The highest BCUT2D eigenvalue weighted by molar-refractivity contribution is 5.57. The number of hydrogen-bond acceptors (Lipinski definition) is 2. The monoisotopic (exact) mass is 281 g/mol. The summed E-state index contributed by atoms with van der Waals surface area (Å²) >= 11 is 0. The van der Waals surface area contributed by atoms with E-state index in [1.54, 1.807) is 0 Å². The Morgan fingerprint density at radius 1 is 1.14 bits per heavy atom. The van der Waals surface area contributed by atoms with Gasteiger partial charge in [-0.2, -0.15) is 0 Å². The van der Waals surface area contributed by atoms with E-state index < -0.39 is 6.09 Å². The molecular formula is C18H19NO2. The van der Waals surface area contributed by atoms with Crippen molar-refractivity contribution in [3.8, 4) is 0 Å². The first-order chi connectivity index (χ1) is 10.2. The predicted molar refractivity (Wildman–Crippen MR) is 79.5 cm³/mol. The van der Waals surface area contributed by atoms with Gasteiger partial charge in [-0.3, -0.25) is 4.48 Å². The maximum absolute atomic E-state index is 12.0. The number of rotatable bonds is 2. The fourth-order valence-electron chi connectivity index (χ4n) is 3.51. The van der Waals surface area contributed by atoms with E-state index in [2.05, 4.69) is 12.1 Å². The largest absolute Gasteiger partial charge is 0.498 e. The Bertz CT molecular complexity index is 653. The lowest BCUT2D eigenvalue weighted by Crippen LogP contribution is -2.63. The zero-order valence-electron chi connectivity index (χ0n) is 12.2. The van der Waals surface area contributed by atoms with Crippen LogP contribution < -0.4 is 5.11 Å². The van der Waals surface area contributed by atoms with Crippen LogP contribution in [-0.2, 0) is 6.42 Å². The highest BCUT2D eigenvalue weighted by atomic mass is 16.4. The van der Waals surface area contributed by atoms with Gasteiger partial charge in [-0.15, -0.1) is 0 Å². The summed E-state index contributed by atoms with van der Waals surface area (Å²) in [5.41, 5.74) is 3.39. The van der Waals surface area contributed by atoms with Crippen molar-refractivity contribution in [1.82, 2.24) is 0 Å². The van der Waals surface area contributed by atoms with Crippen molar-refractivity contribution in [2.24, 2.45) is 0 Å². The maximum atomic E-state index is 12.0. The minimum Gasteiger partial charge on any atom is -0.498 e. The lowest BCUT2D eigenvalue weighted by Gasteiger charge is -2.47. The molecule has 1 heterocycles. The summed E-state index contributed by atoms with van der Waals surface area (Å²) in [6, 6.07) is 17.9. The van der Waals surface area contributed by atoms with E-state index in [0.29, 0.717) is 13.1 Å². The van der Waals surface area contributed by atoms with Gasteiger partial charge in [0.05, 0.1) is 13.1 Å². The molecule has 1 aliphatic rings. The molecule has 108 valence electrons. The second kappa shape index (κ2) is 5.34. The fraction of sp³-hybridized carbons (Fsp3) is 0.278. The van der Waals surface area contributed by atoms with E-state index >= 15 is 0 Å². The summed E-state index contributed by atoms with van der Waals surface area (Å²) in [6.07, 6.45) is -0.206. The van der Waals surface area contributed by atoms with Crippen LogP contribution in [0.1, 0.15) is 29.7 Å². The number of fused-ring (bicyclic) bond motifs is 1. The average Bonchev–Trinajstić information content (AvgIpc) is 2.54. The van der Waals surface area contributed by atoms with Crippen LogP contribution in [0, 0.1) is 0 Å². The number of amides is 1. The third-order valence-electron chi connectivity index (χ3n) is 4.67. The van der Waals surface area contributed by atoms with Gasteiger partial charge in [-0.25, -0.2) is 0 Å². The highest BCUT2D eigenvalue weighted by Crippen LogP contribution is 2.40. The minimum absolute atomic E-state index is 0.0268. The second-order valence-corrected chi connectivity index (χ2v) is 5.60. The molecule has 0 N–H and O–H groups in total. The Hall–Kier alpha value is -2.13. The lowest BCUT2D eigenvalue weighted by molar-refractivity contribution is -0.900. The van der Waals surface area contributed by atoms with Gasteiger partial charge >= 0.3 is 0 Å². The van der Waals surface area contributed by atoms with Crippen LogP contribution in [-0.4, -0.2) is 23.7 Å². The maximum Gasteiger partial charge on any atom is 0.258 e. The van der Waals surface area contributed by atoms with E-state index in [-0.39, 0.29) is 10.5 Å². The zero-order valence-corrected chi connectivity index (χ0v) is 12.2. The van der Waals surface area contributed by atoms with E-state index in [1.807, 2.05) is 49.4 Å². The summed E-state index contributed by atoms with van der Waals surface area (Å²) in [5.74, 6) is 0. The highest BCUT2D eigenvalue weighted by Gasteiger charge is 2.43. The Kier molecular flexibility index (Phi) is 3.52. The van der Waals surface area contributed by atoms with Crippen LogP contribution in [0.5, 0.6) is 0 Å². The van der Waals surface area contributed by atoms with Gasteiger partial charge in [0, 0.05) is 17.5 Å². The zero-order chi connectivity index (χ0) is 14.9. The summed E-state index contributed by atoms with van der Waals surface area (Å²) in [5, 5.41) is 12.0. The standard InChI is InChI=1S/C18H19NO2/c1-2-19(18(20)21)13-12-14-8-6-7-11-16(14)17(19)15-9-4-3-5-10-15/h3-11,17H,2,12-13H2,1H3/t17?,19-/m0/s1. The van der Waals surface area contributed by atoms with Crippen LogP contribution in [0.2, 0.25) is 0 Å². The second-order valence-electron chi connectivity index (χ2n) is 5.60. The summed E-state index contributed by atoms with van der Waals surface area (Å²) in [6.45, 7) is 3.03. The van der Waals surface area contributed by atoms with E-state index in [1.165, 1.54) is 5.56 Å². The fourth-order valence-corrected chi connectivity index (χ4v) is 3.51. The molecule has 3 heteroatoms. The van der Waals surface area contributed by atoms with Crippen molar-refractivity contribution in [2.45, 2.75) is 19.4 Å². The topological polar surface area (TPSA) is 40.1 Å². The minimum atomic E-state index is -0.985. The number of carboxylic acid groups (broad SMARTS) is 1. The van der Waals surface area contributed by atoms with Gasteiger partial charge in [-0.05, 0) is 12.5 Å². The molecule has 2 aromatic carbocycles. The van der Waals surface area contributed by atoms with Gasteiger partial charge in [0.25, 0.3) is 6.09 Å². The van der Waals surface area contributed by atoms with Crippen LogP contribution in [0.4, 0.5) is 4.79 Å². The molecule has 3 nitrogen and oxygen atoms in total. The number of quaternary nitrogens is 1. The molecule has 1 unspecified atom stereocenters. The molecule has 0 fully saturated rings. The molecule has 1 amide bonds. The van der Waals surface area contributed by atoms with E-state index in [4.69, 9.17) is 0 Å². The third-order valence-corrected chi connectivity index (χ3v) is 4.67. The molecule has 21 heavy (non-hydrogen) atoms. The van der Waals surface area contributed by atoms with Crippen molar-refractivity contribution >= 4 is 6.09 Å². The lowest BCUT2D eigenvalue weighted by atomic mass is 9.86. The van der Waals surface area contributed by atoms with Gasteiger partial charge in [0.15, 0.2) is 0 Å². The summed E-state index contributed by atoms with van der Waals surface area (Å²) in [7, 11) is 0. The Labute approximate surface area is 125 Å². The van der Waals surface area contributed by atoms with Gasteiger partial charge < -0.3 is 9.90 Å². The summed E-state index contributed by atoms with van der Waals surface area (Å²) in [4.78, 5) is 12.0. The Morgan fingerprint density at radius 3 is 2.48 bits per heavy atom. The van der Waals surface area contributed by atoms with E-state index in [0.717, 1.165) is 17.5 Å². The molecule has 0 radical (unpaired) electrons. The molecule has 0 saturated carbocycles. The number of benzene rings is 2. The molecule has 1 aliphatic heterocycles. The van der Waals surface area contributed by atoms with E-state index in [9.17, 15) is 9.90 Å². The van der Waals surface area contributed by atoms with Crippen molar-refractivity contribution in [3.05, 3.63) is 71.3 Å². The third kappa shape index (κ3) is 2.14. The summed E-state index contributed by atoms with van der Waals surface area (Å²) < 4.78 is -0.0268. The van der Waals surface area contributed by atoms with Crippen molar-refractivity contribution in [2.75, 3.05) is 13.1 Å². The molecule has 2 atom stereocenters. The number of hydrogen-bond donors (Lipinski definition) is 0. The van der Waals surface area contributed by atoms with Crippen LogP contribution in [0.15, 0.2) is 54.6 Å². The molecule has 0 saturated heterocycles. The molecular weight excluding hydrogens is 262 g/mol. The number of nitrogens with zero attached hydrogens (tertiary/aromatic N) is 1. The molecule has 0 aromatic heterocycles. The van der Waals surface area contributed by atoms with Crippen molar-refractivity contribution in [1.29, 1.82) is 0 Å². The first-order valence-corrected chi connectivity index (χ1v) is 7.40. The van der Waals surface area contributed by atoms with Crippen LogP contribution >= 0.6 is 0 Å². The van der Waals surface area contributed by atoms with Gasteiger partial charge in [-0.1, -0.05) is 54.6 Å². The quantitative estimate of drug-likeness (QED) is 0.794. The smallest absolute Gasteiger partial charge is 0.258 e. The predicted octanol–water partition coefficient (Wildman–Crippen LogP) is 2.51. The van der Waals surface area contributed by atoms with Crippen molar-refractivity contribution < 1.29 is 14.4 Å². The number of likely N-dealkylation sites (N-methyl/N-ethyl adjacent to an activating group) is 1. The first-order valence-electron chi connectivity index (χ1n) is 7.40. The average molecular weight is 281 g/mol. The SMILES string of the molecule is CC[N@+]1(C(=O)[O-])CCc2ccccc2C1c1ccccc1. The Morgan fingerprint density at radius 2 is 1.81 bits per heavy atom. The molecule has 0 bridgehead atoms. The first kappa shape index (κ1) is 13.8. The molecule has 2 aromatic rings. The Balaban J connectivity index is 2.23. The van der Waals surface area contributed by atoms with Gasteiger partial charge in [0.1, 0.15) is 6.04 Å². The van der Waals surface area contributed by atoms with Crippen LogP contribution in [0.25, 0.3) is 0 Å². The molecule has 0 aliphatic carbocycles. The van der Waals surface area contributed by atoms with Crippen molar-refractivity contribution in [3.63, 3.8) is 0 Å². The molecule has 0 spiro atoms. The van der Waals surface area contributed by atoms with Gasteiger partial charge in [0.2, 0.25) is 0 Å².